The van der Waals surface area contributed by atoms with E-state index in [9.17, 15) is 9.59 Å². The number of carbonyl (C=O) groups excluding carboxylic acids is 2. The second kappa shape index (κ2) is 8.50. The lowest BCUT2D eigenvalue weighted by molar-refractivity contribution is -0.117. The molecule has 2 unspecified atom stereocenters. The van der Waals surface area contributed by atoms with E-state index < -0.39 is 16.2 Å². The van der Waals surface area contributed by atoms with Gasteiger partial charge < -0.3 is 10.1 Å². The standard InChI is InChI=1S/C21H16Cl5NO3/c22-12-4-11(5-13(23)6-12)18-19(21(18,25)26)20(29)27-14-1-2-16(24)15(7-14)17(28)3-10-8-30-9-10/h1-2,4-7,10,18-19H,3,8-9H2,(H,27,29). The van der Waals surface area contributed by atoms with Crippen molar-refractivity contribution in [3.8, 4) is 0 Å². The number of rotatable bonds is 6. The summed E-state index contributed by atoms with van der Waals surface area (Å²) >= 11 is 31.1. The van der Waals surface area contributed by atoms with Crippen LogP contribution in [0, 0.1) is 11.8 Å². The van der Waals surface area contributed by atoms with Crippen LogP contribution >= 0.6 is 58.0 Å². The maximum absolute atomic E-state index is 12.9. The Hall–Kier alpha value is -1.01. The lowest BCUT2D eigenvalue weighted by Gasteiger charge is -2.25. The highest BCUT2D eigenvalue weighted by atomic mass is 35.5. The molecule has 1 saturated heterocycles. The Morgan fingerprint density at radius 3 is 2.30 bits per heavy atom. The SMILES string of the molecule is O=C(CC1COC1)c1cc(NC(=O)C2C(c3cc(Cl)cc(Cl)c3)C2(Cl)Cl)ccc1Cl. The molecule has 158 valence electrons. The lowest BCUT2D eigenvalue weighted by atomic mass is 9.96. The Morgan fingerprint density at radius 2 is 1.70 bits per heavy atom. The number of Topliss-reactive ketones (excluding diaryl/α,β-unsaturated/α-hetero) is 1. The largest absolute Gasteiger partial charge is 0.381 e. The Morgan fingerprint density at radius 1 is 1.03 bits per heavy atom. The minimum atomic E-state index is -1.28. The average Bonchev–Trinajstić information content (AvgIpc) is 3.21. The highest BCUT2D eigenvalue weighted by Gasteiger charge is 2.67. The highest BCUT2D eigenvalue weighted by molar-refractivity contribution is 6.53. The zero-order chi connectivity index (χ0) is 21.6. The molecule has 2 fully saturated rings. The van der Waals surface area contributed by atoms with E-state index in [0.717, 1.165) is 0 Å². The zero-order valence-electron chi connectivity index (χ0n) is 15.4. The van der Waals surface area contributed by atoms with Gasteiger partial charge in [0.1, 0.15) is 4.33 Å². The van der Waals surface area contributed by atoms with Crippen molar-refractivity contribution >= 4 is 75.4 Å². The van der Waals surface area contributed by atoms with Gasteiger partial charge in [-0.05, 0) is 42.0 Å². The Kier molecular flexibility index (Phi) is 6.28. The number of hydrogen-bond donors (Lipinski definition) is 1. The quantitative estimate of drug-likeness (QED) is 0.364. The maximum atomic E-state index is 12.9. The first-order chi connectivity index (χ1) is 14.2. The molecule has 2 aromatic carbocycles. The van der Waals surface area contributed by atoms with Gasteiger partial charge in [-0.1, -0.05) is 34.8 Å². The molecule has 4 rings (SSSR count). The predicted molar refractivity (Wildman–Crippen MR) is 120 cm³/mol. The second-order valence-corrected chi connectivity index (χ2v) is 10.3. The molecule has 0 radical (unpaired) electrons. The summed E-state index contributed by atoms with van der Waals surface area (Å²) in [5, 5.41) is 3.99. The van der Waals surface area contributed by atoms with Crippen molar-refractivity contribution in [2.45, 2.75) is 16.7 Å². The smallest absolute Gasteiger partial charge is 0.231 e. The average molecular weight is 508 g/mol. The van der Waals surface area contributed by atoms with Gasteiger partial charge in [0.2, 0.25) is 5.91 Å². The van der Waals surface area contributed by atoms with Crippen LogP contribution in [0.5, 0.6) is 0 Å². The molecule has 30 heavy (non-hydrogen) atoms. The fourth-order valence-corrected chi connectivity index (χ4v) is 5.23. The van der Waals surface area contributed by atoms with Crippen molar-refractivity contribution in [3.05, 3.63) is 62.6 Å². The molecular formula is C21H16Cl5NO3. The van der Waals surface area contributed by atoms with Crippen molar-refractivity contribution in [2.24, 2.45) is 11.8 Å². The number of benzene rings is 2. The van der Waals surface area contributed by atoms with E-state index in [2.05, 4.69) is 5.32 Å². The zero-order valence-corrected chi connectivity index (χ0v) is 19.2. The summed E-state index contributed by atoms with van der Waals surface area (Å²) in [5.41, 5.74) is 1.49. The van der Waals surface area contributed by atoms with E-state index in [1.54, 1.807) is 36.4 Å². The van der Waals surface area contributed by atoms with Gasteiger partial charge in [-0.2, -0.15) is 0 Å². The van der Waals surface area contributed by atoms with E-state index in [0.29, 0.717) is 51.5 Å². The van der Waals surface area contributed by atoms with Crippen molar-refractivity contribution in [3.63, 3.8) is 0 Å². The van der Waals surface area contributed by atoms with Crippen molar-refractivity contribution < 1.29 is 14.3 Å². The van der Waals surface area contributed by atoms with Gasteiger partial charge in [0.05, 0.1) is 24.2 Å². The molecule has 2 aromatic rings. The minimum absolute atomic E-state index is 0.0914. The summed E-state index contributed by atoms with van der Waals surface area (Å²) in [7, 11) is 0. The minimum Gasteiger partial charge on any atom is -0.381 e. The molecule has 0 bridgehead atoms. The molecule has 2 aliphatic rings. The van der Waals surface area contributed by atoms with E-state index in [1.165, 1.54) is 0 Å². The third kappa shape index (κ3) is 4.45. The monoisotopic (exact) mass is 505 g/mol. The first-order valence-electron chi connectivity index (χ1n) is 9.22. The number of halogens is 5. The molecule has 4 nitrogen and oxygen atoms in total. The second-order valence-electron chi connectivity index (χ2n) is 7.55. The first kappa shape index (κ1) is 22.2. The van der Waals surface area contributed by atoms with Crippen LogP contribution in [0.3, 0.4) is 0 Å². The summed E-state index contributed by atoms with van der Waals surface area (Å²) in [6.07, 6.45) is 0.351. The highest BCUT2D eigenvalue weighted by Crippen LogP contribution is 2.65. The third-order valence-corrected chi connectivity index (χ3v) is 7.00. The van der Waals surface area contributed by atoms with Crippen LogP contribution < -0.4 is 5.32 Å². The van der Waals surface area contributed by atoms with Crippen LogP contribution in [0.2, 0.25) is 15.1 Å². The normalized spacial score (nSPS) is 22.3. The number of amides is 1. The molecule has 9 heteroatoms. The van der Waals surface area contributed by atoms with Gasteiger partial charge in [-0.15, -0.1) is 23.2 Å². The van der Waals surface area contributed by atoms with Crippen molar-refractivity contribution in [2.75, 3.05) is 18.5 Å². The summed E-state index contributed by atoms with van der Waals surface area (Å²) in [4.78, 5) is 25.4. The van der Waals surface area contributed by atoms with Crippen LogP contribution in [0.25, 0.3) is 0 Å². The molecular weight excluding hydrogens is 492 g/mol. The van der Waals surface area contributed by atoms with Gasteiger partial charge in [-0.3, -0.25) is 9.59 Å². The van der Waals surface area contributed by atoms with Gasteiger partial charge in [-0.25, -0.2) is 0 Å². The lowest BCUT2D eigenvalue weighted by Crippen LogP contribution is -2.29. The van der Waals surface area contributed by atoms with Crippen LogP contribution in [0.1, 0.15) is 28.3 Å². The first-order valence-corrected chi connectivity index (χ1v) is 11.1. The van der Waals surface area contributed by atoms with Crippen LogP contribution in [0.15, 0.2) is 36.4 Å². The van der Waals surface area contributed by atoms with Gasteiger partial charge >= 0.3 is 0 Å². The maximum Gasteiger partial charge on any atom is 0.231 e. The van der Waals surface area contributed by atoms with E-state index >= 15 is 0 Å². The topological polar surface area (TPSA) is 55.4 Å². The summed E-state index contributed by atoms with van der Waals surface area (Å²) < 4.78 is 3.82. The van der Waals surface area contributed by atoms with E-state index in [-0.39, 0.29) is 17.6 Å². The fraction of sp³-hybridized carbons (Fsp3) is 0.333. The van der Waals surface area contributed by atoms with E-state index in [1.807, 2.05) is 0 Å². The number of alkyl halides is 2. The van der Waals surface area contributed by atoms with Gasteiger partial charge in [0.15, 0.2) is 5.78 Å². The summed E-state index contributed by atoms with van der Waals surface area (Å²) in [6, 6.07) is 9.75. The fourth-order valence-electron chi connectivity index (χ4n) is 3.63. The Bertz CT molecular complexity index is 1000. The van der Waals surface area contributed by atoms with Crippen LogP contribution in [-0.4, -0.2) is 29.2 Å². The van der Waals surface area contributed by atoms with Gasteiger partial charge in [0, 0.05) is 39.6 Å². The molecule has 2 atom stereocenters. The van der Waals surface area contributed by atoms with Crippen molar-refractivity contribution in [1.29, 1.82) is 0 Å². The van der Waals surface area contributed by atoms with Gasteiger partial charge in [0.25, 0.3) is 0 Å². The molecule has 1 aliphatic heterocycles. The van der Waals surface area contributed by atoms with Crippen LogP contribution in [-0.2, 0) is 9.53 Å². The summed E-state index contributed by atoms with van der Waals surface area (Å²) in [5.74, 6) is -1.40. The number of ketones is 1. The number of ether oxygens (including phenoxy) is 1. The molecule has 1 saturated carbocycles. The number of hydrogen-bond acceptors (Lipinski definition) is 3. The number of carbonyl (C=O) groups is 2. The Labute approximate surface area is 198 Å². The van der Waals surface area contributed by atoms with Crippen LogP contribution in [0.4, 0.5) is 5.69 Å². The third-order valence-electron chi connectivity index (χ3n) is 5.30. The summed E-state index contributed by atoms with van der Waals surface area (Å²) in [6.45, 7) is 1.15. The molecule has 0 spiro atoms. The number of anilines is 1. The molecule has 0 aromatic heterocycles. The van der Waals surface area contributed by atoms with Crippen molar-refractivity contribution in [1.82, 2.24) is 0 Å². The molecule has 1 amide bonds. The molecule has 1 heterocycles. The number of nitrogens with one attached hydrogen (secondary N) is 1. The predicted octanol–water partition coefficient (Wildman–Crippen LogP) is 6.39. The molecule has 1 aliphatic carbocycles. The van der Waals surface area contributed by atoms with E-state index in [4.69, 9.17) is 62.7 Å². The Balaban J connectivity index is 1.49. The molecule has 1 N–H and O–H groups in total.